The van der Waals surface area contributed by atoms with E-state index in [1.165, 1.54) is 0 Å². The maximum atomic E-state index is 12.8. The Kier molecular flexibility index (Phi) is 3.73. The van der Waals surface area contributed by atoms with Crippen LogP contribution in [-0.4, -0.2) is 46.3 Å². The van der Waals surface area contributed by atoms with E-state index in [1.54, 1.807) is 0 Å². The van der Waals surface area contributed by atoms with Gasteiger partial charge in [0.05, 0.1) is 6.54 Å². The summed E-state index contributed by atoms with van der Waals surface area (Å²) in [6.07, 6.45) is 8.71. The Morgan fingerprint density at radius 1 is 1.15 bits per heavy atom. The summed E-state index contributed by atoms with van der Waals surface area (Å²) in [6, 6.07) is 0.273. The molecule has 3 rings (SSSR count). The van der Waals surface area contributed by atoms with Gasteiger partial charge in [-0.05, 0) is 57.6 Å². The number of rotatable bonds is 3. The normalized spacial score (nSPS) is 38.8. The summed E-state index contributed by atoms with van der Waals surface area (Å²) in [6.45, 7) is 2.18. The van der Waals surface area contributed by atoms with Crippen molar-refractivity contribution >= 4 is 23.6 Å². The van der Waals surface area contributed by atoms with Crippen LogP contribution in [0.3, 0.4) is 0 Å². The van der Waals surface area contributed by atoms with Crippen LogP contribution < -0.4 is 5.32 Å². The molecule has 2 amide bonds. The number of thioether (sulfide) groups is 1. The molecule has 112 valence electrons. The van der Waals surface area contributed by atoms with E-state index in [1.807, 2.05) is 23.6 Å². The average molecular weight is 296 g/mol. The monoisotopic (exact) mass is 296 g/mol. The lowest BCUT2D eigenvalue weighted by Crippen LogP contribution is -2.68. The molecule has 2 aliphatic carbocycles. The fourth-order valence-corrected chi connectivity index (χ4v) is 4.48. The van der Waals surface area contributed by atoms with Crippen LogP contribution >= 0.6 is 11.8 Å². The molecule has 3 fully saturated rings. The molecule has 1 N–H and O–H groups in total. The minimum absolute atomic E-state index is 0.0194. The lowest BCUT2D eigenvalue weighted by molar-refractivity contribution is -0.153. The largest absolute Gasteiger partial charge is 0.340 e. The van der Waals surface area contributed by atoms with Gasteiger partial charge in [-0.3, -0.25) is 9.59 Å². The van der Waals surface area contributed by atoms with E-state index in [9.17, 15) is 9.59 Å². The zero-order valence-corrected chi connectivity index (χ0v) is 13.2. The standard InChI is InChI=1S/C15H24N2O2S/c1-15(10-3-4-10)14(19)17(9-13(18)16-15)11-5-7-12(20-2)8-6-11/h10-12H,3-9H2,1-2H3,(H,16,18). The maximum Gasteiger partial charge on any atom is 0.249 e. The third kappa shape index (κ3) is 2.45. The fraction of sp³-hybridized carbons (Fsp3) is 0.867. The SMILES string of the molecule is CSC1CCC(N2CC(=O)NC(C)(C3CC3)C2=O)CC1. The first kappa shape index (κ1) is 14.2. The number of hydrogen-bond acceptors (Lipinski definition) is 3. The van der Waals surface area contributed by atoms with Crippen LogP contribution in [0.1, 0.15) is 45.4 Å². The summed E-state index contributed by atoms with van der Waals surface area (Å²) in [7, 11) is 0. The van der Waals surface area contributed by atoms with Crippen molar-refractivity contribution in [2.45, 2.75) is 62.3 Å². The highest BCUT2D eigenvalue weighted by Crippen LogP contribution is 2.42. The number of nitrogens with zero attached hydrogens (tertiary/aromatic N) is 1. The molecule has 1 atom stereocenters. The molecule has 3 aliphatic rings. The van der Waals surface area contributed by atoms with Crippen LogP contribution in [-0.2, 0) is 9.59 Å². The van der Waals surface area contributed by atoms with Crippen molar-refractivity contribution in [2.24, 2.45) is 5.92 Å². The highest BCUT2D eigenvalue weighted by Gasteiger charge is 2.53. The predicted octanol–water partition coefficient (Wildman–Crippen LogP) is 1.79. The number of carbonyl (C=O) groups is 2. The second-order valence-corrected chi connectivity index (χ2v) is 7.76. The Morgan fingerprint density at radius 3 is 2.35 bits per heavy atom. The van der Waals surface area contributed by atoms with Crippen molar-refractivity contribution in [1.29, 1.82) is 0 Å². The topological polar surface area (TPSA) is 49.4 Å². The maximum absolute atomic E-state index is 12.8. The van der Waals surface area contributed by atoms with Crippen LogP contribution in [0.2, 0.25) is 0 Å². The van der Waals surface area contributed by atoms with Gasteiger partial charge in [0.1, 0.15) is 5.54 Å². The quantitative estimate of drug-likeness (QED) is 0.864. The Hall–Kier alpha value is -0.710. The molecule has 5 heteroatoms. The number of amides is 2. The molecule has 0 spiro atoms. The van der Waals surface area contributed by atoms with Crippen molar-refractivity contribution in [2.75, 3.05) is 12.8 Å². The first-order valence-corrected chi connectivity index (χ1v) is 8.98. The van der Waals surface area contributed by atoms with Gasteiger partial charge in [0.25, 0.3) is 0 Å². The van der Waals surface area contributed by atoms with Gasteiger partial charge in [0.2, 0.25) is 11.8 Å². The van der Waals surface area contributed by atoms with Crippen LogP contribution in [0.15, 0.2) is 0 Å². The molecule has 20 heavy (non-hydrogen) atoms. The van der Waals surface area contributed by atoms with Crippen molar-refractivity contribution in [3.63, 3.8) is 0 Å². The molecule has 1 unspecified atom stereocenters. The van der Waals surface area contributed by atoms with E-state index >= 15 is 0 Å². The van der Waals surface area contributed by atoms with Gasteiger partial charge in [-0.25, -0.2) is 0 Å². The average Bonchev–Trinajstić information content (AvgIpc) is 3.28. The molecule has 2 saturated carbocycles. The summed E-state index contributed by atoms with van der Waals surface area (Å²) in [4.78, 5) is 26.7. The van der Waals surface area contributed by atoms with E-state index < -0.39 is 5.54 Å². The van der Waals surface area contributed by atoms with Gasteiger partial charge in [-0.15, -0.1) is 0 Å². The first-order valence-electron chi connectivity index (χ1n) is 7.69. The summed E-state index contributed by atoms with van der Waals surface area (Å²) in [5, 5.41) is 3.69. The van der Waals surface area contributed by atoms with Gasteiger partial charge < -0.3 is 10.2 Å². The van der Waals surface area contributed by atoms with Crippen molar-refractivity contribution in [1.82, 2.24) is 10.2 Å². The molecule has 4 nitrogen and oxygen atoms in total. The number of hydrogen-bond donors (Lipinski definition) is 1. The Balaban J connectivity index is 1.72. The molecular weight excluding hydrogens is 272 g/mol. The minimum atomic E-state index is -0.633. The Morgan fingerprint density at radius 2 is 1.80 bits per heavy atom. The van der Waals surface area contributed by atoms with Crippen LogP contribution in [0.25, 0.3) is 0 Å². The molecule has 0 aromatic heterocycles. The minimum Gasteiger partial charge on any atom is -0.340 e. The van der Waals surface area contributed by atoms with Gasteiger partial charge >= 0.3 is 0 Å². The molecule has 1 saturated heterocycles. The molecule has 0 aromatic carbocycles. The van der Waals surface area contributed by atoms with Crippen molar-refractivity contribution in [3.05, 3.63) is 0 Å². The predicted molar refractivity (Wildman–Crippen MR) is 80.5 cm³/mol. The third-order valence-corrected chi connectivity index (χ3v) is 6.37. The summed E-state index contributed by atoms with van der Waals surface area (Å²) in [5.74, 6) is 0.530. The number of piperazine rings is 1. The molecule has 0 aromatic rings. The summed E-state index contributed by atoms with van der Waals surface area (Å²) >= 11 is 1.93. The smallest absolute Gasteiger partial charge is 0.249 e. The summed E-state index contributed by atoms with van der Waals surface area (Å²) in [5.41, 5.74) is -0.633. The summed E-state index contributed by atoms with van der Waals surface area (Å²) < 4.78 is 0. The lowest BCUT2D eigenvalue weighted by Gasteiger charge is -2.45. The lowest BCUT2D eigenvalue weighted by atomic mass is 9.87. The molecular formula is C15H24N2O2S. The van der Waals surface area contributed by atoms with Crippen molar-refractivity contribution < 1.29 is 9.59 Å². The van der Waals surface area contributed by atoms with Crippen LogP contribution in [0, 0.1) is 5.92 Å². The van der Waals surface area contributed by atoms with Crippen LogP contribution in [0.4, 0.5) is 0 Å². The van der Waals surface area contributed by atoms with E-state index in [4.69, 9.17) is 0 Å². The Bertz CT molecular complexity index is 416. The van der Waals surface area contributed by atoms with Gasteiger partial charge in [0.15, 0.2) is 0 Å². The molecule has 0 bridgehead atoms. The van der Waals surface area contributed by atoms with E-state index in [2.05, 4.69) is 11.6 Å². The zero-order valence-electron chi connectivity index (χ0n) is 12.4. The second-order valence-electron chi connectivity index (χ2n) is 6.62. The number of nitrogens with one attached hydrogen (secondary N) is 1. The fourth-order valence-electron chi connectivity index (χ4n) is 3.73. The van der Waals surface area contributed by atoms with Gasteiger partial charge in [-0.2, -0.15) is 11.8 Å². The highest BCUT2D eigenvalue weighted by atomic mass is 32.2. The van der Waals surface area contributed by atoms with Gasteiger partial charge in [-0.1, -0.05) is 0 Å². The number of carbonyl (C=O) groups excluding carboxylic acids is 2. The first-order chi connectivity index (χ1) is 9.54. The van der Waals surface area contributed by atoms with Crippen LogP contribution in [0.5, 0.6) is 0 Å². The Labute approximate surface area is 125 Å². The third-order valence-electron chi connectivity index (χ3n) is 5.23. The van der Waals surface area contributed by atoms with Crippen molar-refractivity contribution in [3.8, 4) is 0 Å². The van der Waals surface area contributed by atoms with E-state index in [-0.39, 0.29) is 24.4 Å². The molecule has 1 aliphatic heterocycles. The van der Waals surface area contributed by atoms with E-state index in [0.29, 0.717) is 5.92 Å². The zero-order chi connectivity index (χ0) is 14.3. The molecule has 1 heterocycles. The van der Waals surface area contributed by atoms with E-state index in [0.717, 1.165) is 43.8 Å². The molecule has 0 radical (unpaired) electrons. The second kappa shape index (κ2) is 5.24. The highest BCUT2D eigenvalue weighted by molar-refractivity contribution is 7.99. The van der Waals surface area contributed by atoms with Gasteiger partial charge in [0, 0.05) is 11.3 Å².